The molecule has 0 aliphatic rings. The average Bonchev–Trinajstić information content (AvgIpc) is 2.21. The van der Waals surface area contributed by atoms with E-state index < -0.39 is 11.5 Å². The van der Waals surface area contributed by atoms with E-state index in [9.17, 15) is 9.59 Å². The number of H-pyrrole nitrogens is 1. The van der Waals surface area contributed by atoms with E-state index >= 15 is 0 Å². The van der Waals surface area contributed by atoms with Crippen LogP contribution in [0.5, 0.6) is 0 Å². The monoisotopic (exact) mass is 211 g/mol. The first-order valence-electron chi connectivity index (χ1n) is 4.53. The SMILES string of the molecule is Cc1n[nH]c(=O)c(C(=O)NCCO)c1C. The summed E-state index contributed by atoms with van der Waals surface area (Å²) in [6, 6.07) is 0. The van der Waals surface area contributed by atoms with Crippen LogP contribution in [0.4, 0.5) is 0 Å². The third kappa shape index (κ3) is 2.41. The number of nitrogens with one attached hydrogen (secondary N) is 2. The molecule has 1 aromatic rings. The zero-order valence-corrected chi connectivity index (χ0v) is 8.63. The summed E-state index contributed by atoms with van der Waals surface area (Å²) in [5.41, 5.74) is 0.683. The molecule has 1 amide bonds. The predicted molar refractivity (Wildman–Crippen MR) is 53.8 cm³/mol. The standard InChI is InChI=1S/C9H13N3O3/c1-5-6(2)11-12-9(15)7(5)8(14)10-3-4-13/h13H,3-4H2,1-2H3,(H,10,14)(H,12,15). The summed E-state index contributed by atoms with van der Waals surface area (Å²) in [6.07, 6.45) is 0. The number of hydrogen-bond donors (Lipinski definition) is 3. The van der Waals surface area contributed by atoms with Crippen molar-refractivity contribution in [1.82, 2.24) is 15.5 Å². The molecule has 0 saturated carbocycles. The second-order valence-corrected chi connectivity index (χ2v) is 3.12. The number of aromatic amines is 1. The van der Waals surface area contributed by atoms with E-state index in [1.807, 2.05) is 0 Å². The number of nitrogens with zero attached hydrogens (tertiary/aromatic N) is 1. The molecule has 0 aromatic carbocycles. The van der Waals surface area contributed by atoms with Crippen molar-refractivity contribution in [2.24, 2.45) is 0 Å². The van der Waals surface area contributed by atoms with Gasteiger partial charge in [-0.2, -0.15) is 5.10 Å². The molecule has 82 valence electrons. The van der Waals surface area contributed by atoms with Gasteiger partial charge in [-0.3, -0.25) is 9.59 Å². The van der Waals surface area contributed by atoms with Gasteiger partial charge in [-0.15, -0.1) is 0 Å². The summed E-state index contributed by atoms with van der Waals surface area (Å²) < 4.78 is 0. The van der Waals surface area contributed by atoms with Gasteiger partial charge >= 0.3 is 0 Å². The highest BCUT2D eigenvalue weighted by atomic mass is 16.3. The average molecular weight is 211 g/mol. The fourth-order valence-corrected chi connectivity index (χ4v) is 1.16. The summed E-state index contributed by atoms with van der Waals surface area (Å²) >= 11 is 0. The normalized spacial score (nSPS) is 10.1. The van der Waals surface area contributed by atoms with E-state index in [-0.39, 0.29) is 18.7 Å². The Morgan fingerprint density at radius 1 is 1.53 bits per heavy atom. The molecule has 0 atom stereocenters. The molecule has 0 aliphatic carbocycles. The molecule has 0 bridgehead atoms. The summed E-state index contributed by atoms with van der Waals surface area (Å²) in [4.78, 5) is 22.9. The van der Waals surface area contributed by atoms with Gasteiger partial charge in [0.1, 0.15) is 5.56 Å². The van der Waals surface area contributed by atoms with Gasteiger partial charge in [0.15, 0.2) is 0 Å². The van der Waals surface area contributed by atoms with Crippen molar-refractivity contribution in [3.05, 3.63) is 27.2 Å². The number of carbonyl (C=O) groups excluding carboxylic acids is 1. The highest BCUT2D eigenvalue weighted by Gasteiger charge is 2.15. The minimum absolute atomic E-state index is 0.0518. The maximum atomic E-state index is 11.5. The van der Waals surface area contributed by atoms with Gasteiger partial charge in [-0.05, 0) is 19.4 Å². The van der Waals surface area contributed by atoms with E-state index in [1.165, 1.54) is 0 Å². The number of hydrogen-bond acceptors (Lipinski definition) is 4. The van der Waals surface area contributed by atoms with Crippen LogP contribution >= 0.6 is 0 Å². The van der Waals surface area contributed by atoms with Gasteiger partial charge in [0.25, 0.3) is 11.5 Å². The van der Waals surface area contributed by atoms with E-state index in [1.54, 1.807) is 13.8 Å². The van der Waals surface area contributed by atoms with Crippen LogP contribution in [0.3, 0.4) is 0 Å². The Bertz CT molecular complexity index is 425. The number of aryl methyl sites for hydroxylation is 1. The second kappa shape index (κ2) is 4.70. The second-order valence-electron chi connectivity index (χ2n) is 3.12. The topological polar surface area (TPSA) is 95.1 Å². The predicted octanol–water partition coefficient (Wildman–Crippen LogP) is -0.891. The lowest BCUT2D eigenvalue weighted by atomic mass is 10.1. The third-order valence-electron chi connectivity index (χ3n) is 2.09. The van der Waals surface area contributed by atoms with Gasteiger partial charge in [0.2, 0.25) is 0 Å². The molecule has 0 fully saturated rings. The fourth-order valence-electron chi connectivity index (χ4n) is 1.16. The zero-order chi connectivity index (χ0) is 11.4. The van der Waals surface area contributed by atoms with Gasteiger partial charge in [0, 0.05) is 6.54 Å². The van der Waals surface area contributed by atoms with E-state index in [4.69, 9.17) is 5.11 Å². The van der Waals surface area contributed by atoms with Crippen LogP contribution in [-0.2, 0) is 0 Å². The first kappa shape index (κ1) is 11.4. The minimum atomic E-state index is -0.520. The number of carbonyl (C=O) groups is 1. The zero-order valence-electron chi connectivity index (χ0n) is 8.63. The molecule has 6 heteroatoms. The van der Waals surface area contributed by atoms with Crippen LogP contribution in [0.15, 0.2) is 4.79 Å². The summed E-state index contributed by atoms with van der Waals surface area (Å²) in [5, 5.41) is 16.9. The number of aromatic nitrogens is 2. The van der Waals surface area contributed by atoms with Crippen molar-refractivity contribution >= 4 is 5.91 Å². The molecule has 0 unspecified atom stereocenters. The molecular formula is C9H13N3O3. The molecule has 15 heavy (non-hydrogen) atoms. The summed E-state index contributed by atoms with van der Waals surface area (Å²) in [5.74, 6) is -0.492. The molecule has 1 aromatic heterocycles. The number of aliphatic hydroxyl groups excluding tert-OH is 1. The van der Waals surface area contributed by atoms with Crippen LogP contribution in [0, 0.1) is 13.8 Å². The molecule has 0 saturated heterocycles. The lowest BCUT2D eigenvalue weighted by molar-refractivity contribution is 0.0942. The van der Waals surface area contributed by atoms with Crippen LogP contribution in [0.2, 0.25) is 0 Å². The van der Waals surface area contributed by atoms with Crippen LogP contribution in [0.1, 0.15) is 21.6 Å². The lowest BCUT2D eigenvalue weighted by Gasteiger charge is -2.06. The maximum absolute atomic E-state index is 11.5. The number of amides is 1. The molecular weight excluding hydrogens is 198 g/mol. The van der Waals surface area contributed by atoms with Gasteiger partial charge < -0.3 is 10.4 Å². The lowest BCUT2D eigenvalue weighted by Crippen LogP contribution is -2.33. The van der Waals surface area contributed by atoms with Crippen molar-refractivity contribution in [3.8, 4) is 0 Å². The Balaban J connectivity index is 3.08. The van der Waals surface area contributed by atoms with Crippen molar-refractivity contribution in [2.45, 2.75) is 13.8 Å². The molecule has 1 rings (SSSR count). The Hall–Kier alpha value is -1.69. The van der Waals surface area contributed by atoms with Crippen LogP contribution < -0.4 is 10.9 Å². The van der Waals surface area contributed by atoms with Crippen LogP contribution in [-0.4, -0.2) is 34.4 Å². The Labute approximate surface area is 86.3 Å². The molecule has 1 heterocycles. The molecule has 6 nitrogen and oxygen atoms in total. The van der Waals surface area contributed by atoms with E-state index in [0.717, 1.165) is 0 Å². The fraction of sp³-hybridized carbons (Fsp3) is 0.444. The largest absolute Gasteiger partial charge is 0.395 e. The van der Waals surface area contributed by atoms with Crippen molar-refractivity contribution in [2.75, 3.05) is 13.2 Å². The third-order valence-corrected chi connectivity index (χ3v) is 2.09. The van der Waals surface area contributed by atoms with Crippen molar-refractivity contribution < 1.29 is 9.90 Å². The quantitative estimate of drug-likeness (QED) is 0.604. The Kier molecular flexibility index (Phi) is 3.56. The first-order chi connectivity index (χ1) is 7.07. The van der Waals surface area contributed by atoms with Crippen LogP contribution in [0.25, 0.3) is 0 Å². The molecule has 0 aliphatic heterocycles. The first-order valence-corrected chi connectivity index (χ1v) is 4.53. The summed E-state index contributed by atoms with van der Waals surface area (Å²) in [6.45, 7) is 3.32. The maximum Gasteiger partial charge on any atom is 0.277 e. The van der Waals surface area contributed by atoms with Gasteiger partial charge in [-0.1, -0.05) is 0 Å². The van der Waals surface area contributed by atoms with E-state index in [2.05, 4.69) is 15.5 Å². The van der Waals surface area contributed by atoms with E-state index in [0.29, 0.717) is 11.3 Å². The molecule has 3 N–H and O–H groups in total. The number of aliphatic hydroxyl groups is 1. The Morgan fingerprint density at radius 2 is 2.20 bits per heavy atom. The summed E-state index contributed by atoms with van der Waals surface area (Å²) in [7, 11) is 0. The highest BCUT2D eigenvalue weighted by molar-refractivity contribution is 5.95. The molecule has 0 spiro atoms. The Morgan fingerprint density at radius 3 is 2.80 bits per heavy atom. The highest BCUT2D eigenvalue weighted by Crippen LogP contribution is 2.04. The smallest absolute Gasteiger partial charge is 0.277 e. The molecule has 0 radical (unpaired) electrons. The van der Waals surface area contributed by atoms with Crippen molar-refractivity contribution in [1.29, 1.82) is 0 Å². The van der Waals surface area contributed by atoms with Crippen molar-refractivity contribution in [3.63, 3.8) is 0 Å². The van der Waals surface area contributed by atoms with Gasteiger partial charge in [0.05, 0.1) is 12.3 Å². The number of rotatable bonds is 3. The minimum Gasteiger partial charge on any atom is -0.395 e. The van der Waals surface area contributed by atoms with Gasteiger partial charge in [-0.25, -0.2) is 5.10 Å².